The van der Waals surface area contributed by atoms with Crippen LogP contribution in [-0.2, 0) is 6.61 Å². The van der Waals surface area contributed by atoms with E-state index < -0.39 is 9.85 Å². The van der Waals surface area contributed by atoms with Crippen molar-refractivity contribution in [1.82, 2.24) is 9.97 Å². The van der Waals surface area contributed by atoms with Gasteiger partial charge >= 0.3 is 0 Å². The summed E-state index contributed by atoms with van der Waals surface area (Å²) in [6.45, 7) is -0.143. The maximum Gasteiger partial charge on any atom is 0.269 e. The fourth-order valence-electron chi connectivity index (χ4n) is 2.73. The molecular weight excluding hydrogens is 499 g/mol. The van der Waals surface area contributed by atoms with Gasteiger partial charge in [0.25, 0.3) is 11.4 Å². The fraction of sp³-hybridized carbons (Fsp3) is 0.0435. The first-order valence-corrected chi connectivity index (χ1v) is 10.6. The van der Waals surface area contributed by atoms with Crippen molar-refractivity contribution in [1.29, 1.82) is 0 Å². The molecule has 4 aromatic rings. The molecule has 178 valence electrons. The summed E-state index contributed by atoms with van der Waals surface area (Å²) in [5, 5.41) is 31.0. The number of nitrogens with zero attached hydrogens (tertiary/aromatic N) is 4. The van der Waals surface area contributed by atoms with E-state index in [2.05, 4.69) is 9.97 Å². The summed E-state index contributed by atoms with van der Waals surface area (Å²) in [6, 6.07) is 16.1. The lowest BCUT2D eigenvalue weighted by atomic mass is 10.1. The van der Waals surface area contributed by atoms with Crippen molar-refractivity contribution in [2.75, 3.05) is 0 Å². The summed E-state index contributed by atoms with van der Waals surface area (Å²) in [6.07, 6.45) is 3.26. The van der Waals surface area contributed by atoms with Crippen LogP contribution in [0, 0.1) is 20.2 Å². The van der Waals surface area contributed by atoms with E-state index in [0.29, 0.717) is 38.5 Å². The number of benzene rings is 3. The second kappa shape index (κ2) is 11.8. The minimum atomic E-state index is -0.504. The number of ether oxygens (including phenoxy) is 1. The summed E-state index contributed by atoms with van der Waals surface area (Å²) in [5.41, 5.74) is 1.20. The molecule has 10 nitrogen and oxygen atoms in total. The highest BCUT2D eigenvalue weighted by atomic mass is 35.5. The van der Waals surface area contributed by atoms with E-state index in [9.17, 15) is 20.2 Å². The Morgan fingerprint density at radius 2 is 1.29 bits per heavy atom. The Labute approximate surface area is 208 Å². The monoisotopic (exact) mass is 514 g/mol. The molecule has 0 atom stereocenters. The zero-order valence-corrected chi connectivity index (χ0v) is 19.3. The van der Waals surface area contributed by atoms with Crippen LogP contribution in [-0.4, -0.2) is 24.9 Å². The summed E-state index contributed by atoms with van der Waals surface area (Å²) in [4.78, 5) is 28.1. The second-order valence-corrected chi connectivity index (χ2v) is 7.57. The van der Waals surface area contributed by atoms with Crippen LogP contribution in [0.5, 0.6) is 11.5 Å². The maximum atomic E-state index is 10.5. The fourth-order valence-corrected chi connectivity index (χ4v) is 3.26. The summed E-state index contributed by atoms with van der Waals surface area (Å²) in [7, 11) is 0. The number of nitro groups is 2. The zero-order chi connectivity index (χ0) is 25.4. The smallest absolute Gasteiger partial charge is 0.269 e. The number of aliphatic hydroxyl groups excluding tert-OH is 1. The first-order chi connectivity index (χ1) is 16.8. The first-order valence-electron chi connectivity index (χ1n) is 9.81. The average molecular weight is 515 g/mol. The Hall–Kier alpha value is -4.12. The number of hydrogen-bond acceptors (Lipinski definition) is 8. The number of aromatic nitrogens is 2. The van der Waals surface area contributed by atoms with Crippen molar-refractivity contribution in [3.05, 3.63) is 115 Å². The number of hydrogen-bond donors (Lipinski definition) is 1. The van der Waals surface area contributed by atoms with Gasteiger partial charge in [-0.05, 0) is 48.0 Å². The van der Waals surface area contributed by atoms with Gasteiger partial charge in [0, 0.05) is 47.2 Å². The van der Waals surface area contributed by atoms with Crippen molar-refractivity contribution < 1.29 is 19.7 Å². The predicted molar refractivity (Wildman–Crippen MR) is 130 cm³/mol. The average Bonchev–Trinajstić information content (AvgIpc) is 2.86. The van der Waals surface area contributed by atoms with Crippen molar-refractivity contribution in [3.8, 4) is 22.9 Å². The molecule has 1 heterocycles. The van der Waals surface area contributed by atoms with Gasteiger partial charge in [-0.25, -0.2) is 9.97 Å². The van der Waals surface area contributed by atoms with E-state index in [1.54, 1.807) is 30.6 Å². The highest BCUT2D eigenvalue weighted by Crippen LogP contribution is 2.31. The molecule has 35 heavy (non-hydrogen) atoms. The van der Waals surface area contributed by atoms with Crippen LogP contribution in [0.25, 0.3) is 11.4 Å². The molecule has 0 saturated heterocycles. The molecule has 0 amide bonds. The molecule has 0 spiro atoms. The van der Waals surface area contributed by atoms with Gasteiger partial charge in [0.15, 0.2) is 5.82 Å². The molecule has 4 rings (SSSR count). The van der Waals surface area contributed by atoms with E-state index in [-0.39, 0.29) is 18.0 Å². The highest BCUT2D eigenvalue weighted by Gasteiger charge is 2.10. The van der Waals surface area contributed by atoms with Crippen LogP contribution < -0.4 is 4.74 Å². The van der Waals surface area contributed by atoms with Gasteiger partial charge in [-0.15, -0.1) is 0 Å². The number of non-ortho nitro benzene ring substituents is 2. The van der Waals surface area contributed by atoms with E-state index >= 15 is 0 Å². The van der Waals surface area contributed by atoms with Gasteiger partial charge in [0.2, 0.25) is 0 Å². The number of nitro benzene ring substituents is 2. The van der Waals surface area contributed by atoms with Gasteiger partial charge in [-0.3, -0.25) is 20.2 Å². The van der Waals surface area contributed by atoms with Crippen LogP contribution in [0.2, 0.25) is 10.0 Å². The minimum absolute atomic E-state index is 0.0314. The number of aliphatic hydroxyl groups is 1. The van der Waals surface area contributed by atoms with Gasteiger partial charge in [0.05, 0.1) is 21.5 Å². The van der Waals surface area contributed by atoms with Crippen molar-refractivity contribution in [2.45, 2.75) is 6.61 Å². The van der Waals surface area contributed by atoms with Crippen molar-refractivity contribution in [2.24, 2.45) is 0 Å². The van der Waals surface area contributed by atoms with Crippen LogP contribution in [0.1, 0.15) is 5.56 Å². The molecule has 0 fully saturated rings. The molecule has 0 aliphatic carbocycles. The van der Waals surface area contributed by atoms with Gasteiger partial charge in [-0.2, -0.15) is 0 Å². The molecule has 0 radical (unpaired) electrons. The van der Waals surface area contributed by atoms with Crippen LogP contribution >= 0.6 is 23.2 Å². The molecule has 1 aromatic heterocycles. The van der Waals surface area contributed by atoms with E-state index in [1.165, 1.54) is 48.5 Å². The third-order valence-corrected chi connectivity index (χ3v) is 5.11. The largest absolute Gasteiger partial charge is 0.457 e. The highest BCUT2D eigenvalue weighted by molar-refractivity contribution is 6.36. The molecule has 1 N–H and O–H groups in total. The molecule has 0 aliphatic heterocycles. The molecule has 0 saturated carbocycles. The quantitative estimate of drug-likeness (QED) is 0.235. The van der Waals surface area contributed by atoms with E-state index in [1.807, 2.05) is 0 Å². The third-order valence-electron chi connectivity index (χ3n) is 4.44. The second-order valence-electron chi connectivity index (χ2n) is 6.76. The summed E-state index contributed by atoms with van der Waals surface area (Å²) >= 11 is 12.0. The molecule has 0 bridgehead atoms. The van der Waals surface area contributed by atoms with E-state index in [4.69, 9.17) is 33.0 Å². The van der Waals surface area contributed by atoms with Gasteiger partial charge in [0.1, 0.15) is 11.5 Å². The standard InChI is InChI=1S/C12H8N2O5.C11H8Cl2N2O/c15-13(16)9-1-5-11(6-2-9)19-12-7-3-10(4-8-12)14(17)18;12-9-5-10(13)8(4-7(9)6-16)11-14-2-1-3-15-11/h1-8H;1-5,16H,6H2. The van der Waals surface area contributed by atoms with Crippen molar-refractivity contribution >= 4 is 34.6 Å². The van der Waals surface area contributed by atoms with Crippen LogP contribution in [0.15, 0.2) is 79.1 Å². The lowest BCUT2D eigenvalue weighted by Gasteiger charge is -2.06. The lowest BCUT2D eigenvalue weighted by Crippen LogP contribution is -1.92. The molecule has 3 aromatic carbocycles. The van der Waals surface area contributed by atoms with Crippen LogP contribution in [0.3, 0.4) is 0 Å². The van der Waals surface area contributed by atoms with Crippen LogP contribution in [0.4, 0.5) is 11.4 Å². The normalized spacial score (nSPS) is 10.1. The minimum Gasteiger partial charge on any atom is -0.457 e. The molecule has 0 aliphatic rings. The first kappa shape index (κ1) is 25.5. The maximum absolute atomic E-state index is 10.5. The SMILES string of the molecule is O=[N+]([O-])c1ccc(Oc2ccc([N+](=O)[O-])cc2)cc1.OCc1cc(-c2ncccn2)c(Cl)cc1Cl. The van der Waals surface area contributed by atoms with Gasteiger partial charge < -0.3 is 9.84 Å². The molecule has 0 unspecified atom stereocenters. The zero-order valence-electron chi connectivity index (χ0n) is 17.7. The third kappa shape index (κ3) is 6.93. The van der Waals surface area contributed by atoms with Gasteiger partial charge in [-0.1, -0.05) is 23.2 Å². The molecular formula is C23H16Cl2N4O6. The topological polar surface area (TPSA) is 142 Å². The Morgan fingerprint density at radius 1 is 0.800 bits per heavy atom. The Kier molecular flexibility index (Phi) is 8.63. The Balaban J connectivity index is 0.000000198. The van der Waals surface area contributed by atoms with E-state index in [0.717, 1.165) is 0 Å². The number of rotatable bonds is 6. The molecule has 12 heteroatoms. The lowest BCUT2D eigenvalue weighted by molar-refractivity contribution is -0.385. The Bertz CT molecular complexity index is 1270. The predicted octanol–water partition coefficient (Wildman–Crippen LogP) is 6.24. The Morgan fingerprint density at radius 3 is 1.71 bits per heavy atom. The summed E-state index contributed by atoms with van der Waals surface area (Å²) in [5.74, 6) is 1.35. The number of halogens is 2. The summed E-state index contributed by atoms with van der Waals surface area (Å²) < 4.78 is 5.40. The van der Waals surface area contributed by atoms with Crippen molar-refractivity contribution in [3.63, 3.8) is 0 Å².